The quantitative estimate of drug-likeness (QED) is 0.199. The fourth-order valence-electron chi connectivity index (χ4n) is 1.99. The summed E-state index contributed by atoms with van der Waals surface area (Å²) in [7, 11) is -0.306. The van der Waals surface area contributed by atoms with Crippen molar-refractivity contribution in [3.8, 4) is 0 Å². The molecule has 0 aromatic heterocycles. The number of hydrogen-bond acceptors (Lipinski definition) is 4. The van der Waals surface area contributed by atoms with Gasteiger partial charge in [0, 0.05) is 5.41 Å². The van der Waals surface area contributed by atoms with Crippen molar-refractivity contribution in [3.63, 3.8) is 0 Å². The molecule has 0 rings (SSSR count). The zero-order valence-electron chi connectivity index (χ0n) is 17.3. The third kappa shape index (κ3) is 11.6. The van der Waals surface area contributed by atoms with E-state index in [0.29, 0.717) is 0 Å². The summed E-state index contributed by atoms with van der Waals surface area (Å²) in [5.74, 6) is 0.881. The van der Waals surface area contributed by atoms with Gasteiger partial charge in [-0.15, -0.1) is 0 Å². The maximum atomic E-state index is 10.9. The van der Waals surface area contributed by atoms with Crippen molar-refractivity contribution in [1.29, 1.82) is 0 Å². The van der Waals surface area contributed by atoms with Gasteiger partial charge in [0.05, 0.1) is 12.9 Å². The van der Waals surface area contributed by atoms with E-state index in [0.717, 1.165) is 30.6 Å². The Bertz CT molecular complexity index is 510. The molecule has 0 amide bonds. The van der Waals surface area contributed by atoms with Crippen LogP contribution in [0.3, 0.4) is 0 Å². The van der Waals surface area contributed by atoms with Gasteiger partial charge in [-0.25, -0.2) is 4.79 Å². The highest BCUT2D eigenvalue weighted by atomic mass is 28.4. The van der Waals surface area contributed by atoms with Gasteiger partial charge in [0.25, 0.3) is 0 Å². The standard InChI is InChI=1S/C20H36O4Si/c1-16(11-10-12-17(2)15-23-19(21)22-6)13-14-20(4,5)18(3)24-25(7,8)9/h12-13H,3,10-11,14-15H2,1-2,4-9H3/b16-13+,17-12+. The number of carbonyl (C=O) groups is 1. The lowest BCUT2D eigenvalue weighted by atomic mass is 9.86. The van der Waals surface area contributed by atoms with Crippen LogP contribution in [0.4, 0.5) is 4.79 Å². The molecule has 0 saturated heterocycles. The smallest absolute Gasteiger partial charge is 0.508 e. The molecule has 0 N–H and O–H groups in total. The molecule has 0 radical (unpaired) electrons. The van der Waals surface area contributed by atoms with E-state index in [1.165, 1.54) is 12.7 Å². The van der Waals surface area contributed by atoms with Gasteiger partial charge in [-0.05, 0) is 58.3 Å². The van der Waals surface area contributed by atoms with E-state index in [1.807, 2.05) is 6.92 Å². The second-order valence-corrected chi connectivity index (χ2v) is 12.5. The molecule has 0 bridgehead atoms. The molecular formula is C20H36O4Si. The normalized spacial score (nSPS) is 13.4. The van der Waals surface area contributed by atoms with Gasteiger partial charge in [-0.1, -0.05) is 38.2 Å². The van der Waals surface area contributed by atoms with Crippen molar-refractivity contribution in [2.75, 3.05) is 13.7 Å². The summed E-state index contributed by atoms with van der Waals surface area (Å²) < 4.78 is 15.4. The highest BCUT2D eigenvalue weighted by Crippen LogP contribution is 2.33. The highest BCUT2D eigenvalue weighted by Gasteiger charge is 2.27. The second-order valence-electron chi connectivity index (χ2n) is 8.11. The Balaban J connectivity index is 4.40. The minimum atomic E-state index is -1.61. The first-order valence-electron chi connectivity index (χ1n) is 8.78. The molecule has 0 aliphatic heterocycles. The van der Waals surface area contributed by atoms with E-state index < -0.39 is 14.5 Å². The van der Waals surface area contributed by atoms with Crippen LogP contribution in [0.1, 0.15) is 47.0 Å². The predicted molar refractivity (Wildman–Crippen MR) is 107 cm³/mol. The van der Waals surface area contributed by atoms with Gasteiger partial charge in [-0.3, -0.25) is 0 Å². The van der Waals surface area contributed by atoms with E-state index in [9.17, 15) is 4.79 Å². The van der Waals surface area contributed by atoms with Crippen molar-refractivity contribution in [2.24, 2.45) is 5.41 Å². The van der Waals surface area contributed by atoms with E-state index in [-0.39, 0.29) is 12.0 Å². The summed E-state index contributed by atoms with van der Waals surface area (Å²) in [5.41, 5.74) is 2.30. The molecule has 0 spiro atoms. The Morgan fingerprint density at radius 1 is 1.12 bits per heavy atom. The molecule has 4 nitrogen and oxygen atoms in total. The van der Waals surface area contributed by atoms with Gasteiger partial charge in [0.2, 0.25) is 8.32 Å². The van der Waals surface area contributed by atoms with Gasteiger partial charge >= 0.3 is 6.16 Å². The Morgan fingerprint density at radius 3 is 2.24 bits per heavy atom. The summed E-state index contributed by atoms with van der Waals surface area (Å²) in [4.78, 5) is 10.9. The Hall–Kier alpha value is -1.49. The van der Waals surface area contributed by atoms with Crippen molar-refractivity contribution in [1.82, 2.24) is 0 Å². The first-order valence-corrected chi connectivity index (χ1v) is 12.2. The van der Waals surface area contributed by atoms with Crippen LogP contribution in [0.5, 0.6) is 0 Å². The van der Waals surface area contributed by atoms with Crippen LogP contribution < -0.4 is 0 Å². The van der Waals surface area contributed by atoms with Gasteiger partial charge in [0.15, 0.2) is 0 Å². The number of carbonyl (C=O) groups excluding carboxylic acids is 1. The summed E-state index contributed by atoms with van der Waals surface area (Å²) in [6.45, 7) is 19.4. The van der Waals surface area contributed by atoms with Crippen LogP contribution in [-0.4, -0.2) is 28.2 Å². The Kier molecular flexibility index (Phi) is 9.86. The van der Waals surface area contributed by atoms with Crippen LogP contribution in [0.25, 0.3) is 0 Å². The summed E-state index contributed by atoms with van der Waals surface area (Å²) >= 11 is 0. The average Bonchev–Trinajstić information content (AvgIpc) is 2.49. The predicted octanol–water partition coefficient (Wildman–Crippen LogP) is 6.22. The van der Waals surface area contributed by atoms with E-state index in [1.54, 1.807) is 0 Å². The van der Waals surface area contributed by atoms with E-state index in [4.69, 9.17) is 9.16 Å². The van der Waals surface area contributed by atoms with Crippen molar-refractivity contribution >= 4 is 14.5 Å². The lowest BCUT2D eigenvalue weighted by Crippen LogP contribution is -2.29. The topological polar surface area (TPSA) is 44.8 Å². The van der Waals surface area contributed by atoms with Gasteiger partial charge in [-0.2, -0.15) is 0 Å². The summed E-state index contributed by atoms with van der Waals surface area (Å²) in [6, 6.07) is 0. The number of ether oxygens (including phenoxy) is 2. The third-order valence-corrected chi connectivity index (χ3v) is 4.62. The minimum absolute atomic E-state index is 0.0678. The molecule has 0 fully saturated rings. The molecule has 25 heavy (non-hydrogen) atoms. The second kappa shape index (κ2) is 10.5. The zero-order valence-corrected chi connectivity index (χ0v) is 18.3. The summed E-state index contributed by atoms with van der Waals surface area (Å²) in [6.07, 6.45) is 6.53. The molecule has 0 aliphatic rings. The molecular weight excluding hydrogens is 332 g/mol. The monoisotopic (exact) mass is 368 g/mol. The molecule has 0 atom stereocenters. The number of rotatable bonds is 10. The molecule has 0 saturated carbocycles. The molecule has 0 aromatic rings. The molecule has 0 aliphatic carbocycles. The van der Waals surface area contributed by atoms with Crippen LogP contribution in [-0.2, 0) is 13.9 Å². The maximum Gasteiger partial charge on any atom is 0.508 e. The SMILES string of the molecule is C=C(O[Si](C)(C)C)C(C)(C)C/C=C(\C)CC/C=C(\C)COC(=O)OC. The van der Waals surface area contributed by atoms with Crippen molar-refractivity contribution in [2.45, 2.75) is 66.6 Å². The van der Waals surface area contributed by atoms with Crippen LogP contribution in [0.15, 0.2) is 35.6 Å². The average molecular weight is 369 g/mol. The molecule has 144 valence electrons. The molecule has 0 unspecified atom stereocenters. The van der Waals surface area contributed by atoms with Crippen molar-refractivity contribution in [3.05, 3.63) is 35.6 Å². The Morgan fingerprint density at radius 2 is 1.72 bits per heavy atom. The number of methoxy groups -OCH3 is 1. The first-order chi connectivity index (χ1) is 11.4. The third-order valence-electron chi connectivity index (χ3n) is 3.76. The molecule has 0 heterocycles. The van der Waals surface area contributed by atoms with Crippen LogP contribution in [0.2, 0.25) is 19.6 Å². The summed E-state index contributed by atoms with van der Waals surface area (Å²) in [5, 5.41) is 0. The highest BCUT2D eigenvalue weighted by molar-refractivity contribution is 6.70. The van der Waals surface area contributed by atoms with E-state index >= 15 is 0 Å². The fourth-order valence-corrected chi connectivity index (χ4v) is 3.01. The fraction of sp³-hybridized carbons (Fsp3) is 0.650. The molecule has 5 heteroatoms. The molecule has 0 aromatic carbocycles. The largest absolute Gasteiger partial charge is 0.547 e. The van der Waals surface area contributed by atoms with Crippen LogP contribution >= 0.6 is 0 Å². The Labute approximate surface area is 155 Å². The maximum absolute atomic E-state index is 10.9. The van der Waals surface area contributed by atoms with Gasteiger partial charge in [0.1, 0.15) is 6.61 Å². The zero-order chi connectivity index (χ0) is 19.7. The van der Waals surface area contributed by atoms with Crippen LogP contribution in [0, 0.1) is 5.41 Å². The van der Waals surface area contributed by atoms with E-state index in [2.05, 4.69) is 63.9 Å². The lowest BCUT2D eigenvalue weighted by Gasteiger charge is -2.31. The number of hydrogen-bond donors (Lipinski definition) is 0. The lowest BCUT2D eigenvalue weighted by molar-refractivity contribution is 0.0798. The van der Waals surface area contributed by atoms with Crippen molar-refractivity contribution < 1.29 is 18.7 Å². The first kappa shape index (κ1) is 23.5. The minimum Gasteiger partial charge on any atom is -0.547 e. The number of allylic oxidation sites excluding steroid dienone is 4. The van der Waals surface area contributed by atoms with Gasteiger partial charge < -0.3 is 13.9 Å².